The summed E-state index contributed by atoms with van der Waals surface area (Å²) in [5.41, 5.74) is 0.749. The van der Waals surface area contributed by atoms with Crippen LogP contribution in [0, 0.1) is 5.92 Å². The summed E-state index contributed by atoms with van der Waals surface area (Å²) in [6.07, 6.45) is 0. The molecule has 1 N–H and O–H groups in total. The van der Waals surface area contributed by atoms with Crippen molar-refractivity contribution in [2.24, 2.45) is 5.92 Å². The Morgan fingerprint density at radius 2 is 1.65 bits per heavy atom. The maximum Gasteiger partial charge on any atom is 0.264 e. The van der Waals surface area contributed by atoms with E-state index in [0.717, 1.165) is 4.31 Å². The topological polar surface area (TPSA) is 96.0 Å². The molecule has 3 aromatic carbocycles. The third-order valence-electron chi connectivity index (χ3n) is 6.13. The molecule has 0 unspecified atom stereocenters. The number of ether oxygens (including phenoxy) is 1. The molecule has 3 rings (SSSR count). The van der Waals surface area contributed by atoms with Gasteiger partial charge in [0.2, 0.25) is 11.8 Å². The van der Waals surface area contributed by atoms with E-state index in [1.165, 1.54) is 42.3 Å². The Balaban J connectivity index is 2.05. The summed E-state index contributed by atoms with van der Waals surface area (Å²) >= 11 is 12.6. The van der Waals surface area contributed by atoms with Gasteiger partial charge in [-0.1, -0.05) is 67.4 Å². The maximum absolute atomic E-state index is 14.0. The van der Waals surface area contributed by atoms with Gasteiger partial charge in [-0.05, 0) is 60.9 Å². The lowest BCUT2D eigenvalue weighted by atomic mass is 10.1. The molecule has 40 heavy (non-hydrogen) atoms. The largest absolute Gasteiger partial charge is 0.497 e. The predicted octanol–water partition coefficient (Wildman–Crippen LogP) is 5.39. The Hall–Kier alpha value is -3.27. The summed E-state index contributed by atoms with van der Waals surface area (Å²) in [5.74, 6) is -0.176. The highest BCUT2D eigenvalue weighted by atomic mass is 35.5. The average molecular weight is 607 g/mol. The molecule has 0 heterocycles. The molecule has 0 bridgehead atoms. The second-order valence-corrected chi connectivity index (χ2v) is 12.3. The highest BCUT2D eigenvalue weighted by molar-refractivity contribution is 7.92. The molecule has 0 saturated heterocycles. The summed E-state index contributed by atoms with van der Waals surface area (Å²) < 4.78 is 33.9. The van der Waals surface area contributed by atoms with Crippen LogP contribution in [0.2, 0.25) is 10.0 Å². The first-order valence-corrected chi connectivity index (χ1v) is 14.9. The summed E-state index contributed by atoms with van der Waals surface area (Å²) in [6, 6.07) is 18.3. The van der Waals surface area contributed by atoms with Gasteiger partial charge in [0.25, 0.3) is 10.0 Å². The quantitative estimate of drug-likeness (QED) is 0.299. The Labute approximate surface area is 245 Å². The first-order valence-electron chi connectivity index (χ1n) is 12.7. The second kappa shape index (κ2) is 13.9. The van der Waals surface area contributed by atoms with Crippen molar-refractivity contribution in [3.8, 4) is 5.75 Å². The van der Waals surface area contributed by atoms with Gasteiger partial charge < -0.3 is 15.0 Å². The summed E-state index contributed by atoms with van der Waals surface area (Å²) in [5, 5.41) is 3.20. The molecule has 0 aliphatic heterocycles. The van der Waals surface area contributed by atoms with E-state index in [9.17, 15) is 18.0 Å². The van der Waals surface area contributed by atoms with E-state index < -0.39 is 28.5 Å². The van der Waals surface area contributed by atoms with Gasteiger partial charge in [-0.25, -0.2) is 8.42 Å². The summed E-state index contributed by atoms with van der Waals surface area (Å²) in [7, 11) is -2.72. The molecule has 1 atom stereocenters. The van der Waals surface area contributed by atoms with Gasteiger partial charge in [-0.15, -0.1) is 0 Å². The maximum atomic E-state index is 14.0. The van der Waals surface area contributed by atoms with E-state index in [0.29, 0.717) is 17.9 Å². The number of nitrogens with zero attached hydrogens (tertiary/aromatic N) is 2. The lowest BCUT2D eigenvalue weighted by molar-refractivity contribution is -0.139. The molecule has 0 aliphatic carbocycles. The number of hydrogen-bond donors (Lipinski definition) is 1. The Bertz CT molecular complexity index is 1430. The molecule has 0 aliphatic rings. The predicted molar refractivity (Wildman–Crippen MR) is 158 cm³/mol. The Kier molecular flexibility index (Phi) is 10.8. The van der Waals surface area contributed by atoms with Gasteiger partial charge in [0.15, 0.2) is 0 Å². The van der Waals surface area contributed by atoms with Crippen molar-refractivity contribution in [2.45, 2.75) is 38.3 Å². The molecule has 3 aromatic rings. The SMILES string of the molecule is COc1cccc(CN(C(=O)CN(c2cc(Cl)ccc2Cl)S(=O)(=O)c2ccccc2)[C@H](C)C(=O)NCC(C)C)c1. The van der Waals surface area contributed by atoms with E-state index in [2.05, 4.69) is 5.32 Å². The molecule has 0 saturated carbocycles. The molecule has 0 aromatic heterocycles. The fraction of sp³-hybridized carbons (Fsp3) is 0.310. The standard InChI is InChI=1S/C29H33Cl2N3O5S/c1-20(2)17-32-29(36)21(3)33(18-22-9-8-10-24(15-22)39-4)28(35)19-34(27-16-23(30)13-14-26(27)31)40(37,38)25-11-6-5-7-12-25/h5-16,20-21H,17-19H2,1-4H3,(H,32,36)/t21-/m1/s1. The van der Waals surface area contributed by atoms with E-state index in [1.54, 1.807) is 49.4 Å². The third kappa shape index (κ3) is 7.90. The Morgan fingerprint density at radius 3 is 2.30 bits per heavy atom. The van der Waals surface area contributed by atoms with Crippen molar-refractivity contribution in [3.05, 3.63) is 88.4 Å². The molecular weight excluding hydrogens is 573 g/mol. The van der Waals surface area contributed by atoms with Gasteiger partial charge in [0.05, 0.1) is 22.7 Å². The van der Waals surface area contributed by atoms with E-state index in [1.807, 2.05) is 13.8 Å². The lowest BCUT2D eigenvalue weighted by Gasteiger charge is -2.32. The number of methoxy groups -OCH3 is 1. The molecule has 2 amide bonds. The number of anilines is 1. The van der Waals surface area contributed by atoms with Crippen molar-refractivity contribution in [3.63, 3.8) is 0 Å². The fourth-order valence-electron chi connectivity index (χ4n) is 3.91. The van der Waals surface area contributed by atoms with E-state index in [-0.39, 0.29) is 39.0 Å². The number of rotatable bonds is 12. The van der Waals surface area contributed by atoms with Gasteiger partial charge in [-0.2, -0.15) is 0 Å². The minimum Gasteiger partial charge on any atom is -0.497 e. The number of nitrogens with one attached hydrogen (secondary N) is 1. The lowest BCUT2D eigenvalue weighted by Crippen LogP contribution is -2.51. The van der Waals surface area contributed by atoms with Crippen LogP contribution in [0.25, 0.3) is 0 Å². The molecular formula is C29H33Cl2N3O5S. The zero-order valence-corrected chi connectivity index (χ0v) is 25.1. The summed E-state index contributed by atoms with van der Waals surface area (Å²) in [6.45, 7) is 5.38. The molecule has 0 spiro atoms. The van der Waals surface area contributed by atoms with Crippen LogP contribution < -0.4 is 14.4 Å². The van der Waals surface area contributed by atoms with Crippen LogP contribution in [0.5, 0.6) is 5.75 Å². The van der Waals surface area contributed by atoms with E-state index >= 15 is 0 Å². The van der Waals surface area contributed by atoms with Crippen LogP contribution in [0.15, 0.2) is 77.7 Å². The van der Waals surface area contributed by atoms with Crippen LogP contribution in [0.4, 0.5) is 5.69 Å². The molecule has 214 valence electrons. The number of amides is 2. The molecule has 0 fully saturated rings. The van der Waals surface area contributed by atoms with Crippen LogP contribution >= 0.6 is 23.2 Å². The van der Waals surface area contributed by atoms with Gasteiger partial charge in [0, 0.05) is 18.1 Å². The monoisotopic (exact) mass is 605 g/mol. The minimum absolute atomic E-state index is 0.0269. The van der Waals surface area contributed by atoms with Gasteiger partial charge in [-0.3, -0.25) is 13.9 Å². The zero-order valence-electron chi connectivity index (χ0n) is 22.8. The highest BCUT2D eigenvalue weighted by Crippen LogP contribution is 2.33. The second-order valence-electron chi connectivity index (χ2n) is 9.61. The number of halogens is 2. The number of hydrogen-bond acceptors (Lipinski definition) is 5. The van der Waals surface area contributed by atoms with Crippen LogP contribution in [0.3, 0.4) is 0 Å². The summed E-state index contributed by atoms with van der Waals surface area (Å²) in [4.78, 5) is 28.4. The highest BCUT2D eigenvalue weighted by Gasteiger charge is 2.33. The molecule has 0 radical (unpaired) electrons. The number of carbonyl (C=O) groups is 2. The average Bonchev–Trinajstić information content (AvgIpc) is 2.94. The van der Waals surface area contributed by atoms with Crippen molar-refractivity contribution < 1.29 is 22.7 Å². The van der Waals surface area contributed by atoms with Crippen molar-refractivity contribution in [1.82, 2.24) is 10.2 Å². The number of carbonyl (C=O) groups excluding carboxylic acids is 2. The Morgan fingerprint density at radius 1 is 0.950 bits per heavy atom. The smallest absolute Gasteiger partial charge is 0.264 e. The fourth-order valence-corrected chi connectivity index (χ4v) is 5.79. The first kappa shape index (κ1) is 31.3. The molecule has 8 nitrogen and oxygen atoms in total. The zero-order chi connectivity index (χ0) is 29.4. The number of benzene rings is 3. The molecule has 11 heteroatoms. The minimum atomic E-state index is -4.25. The van der Waals surface area contributed by atoms with E-state index in [4.69, 9.17) is 27.9 Å². The van der Waals surface area contributed by atoms with Crippen LogP contribution in [0.1, 0.15) is 26.3 Å². The normalized spacial score (nSPS) is 12.1. The third-order valence-corrected chi connectivity index (χ3v) is 8.45. The van der Waals surface area contributed by atoms with Gasteiger partial charge >= 0.3 is 0 Å². The van der Waals surface area contributed by atoms with Crippen molar-refractivity contribution >= 4 is 50.7 Å². The van der Waals surface area contributed by atoms with Crippen molar-refractivity contribution in [1.29, 1.82) is 0 Å². The number of sulfonamides is 1. The first-order chi connectivity index (χ1) is 18.9. The van der Waals surface area contributed by atoms with Gasteiger partial charge in [0.1, 0.15) is 18.3 Å². The van der Waals surface area contributed by atoms with Crippen LogP contribution in [-0.2, 0) is 26.2 Å². The van der Waals surface area contributed by atoms with Crippen molar-refractivity contribution in [2.75, 3.05) is 24.5 Å². The van der Waals surface area contributed by atoms with Crippen LogP contribution in [-0.4, -0.2) is 51.4 Å².